The van der Waals surface area contributed by atoms with E-state index in [2.05, 4.69) is 64.0 Å². The molecule has 2 aromatic rings. The van der Waals surface area contributed by atoms with Crippen LogP contribution in [0, 0.1) is 19.3 Å². The molecule has 0 bridgehead atoms. The van der Waals surface area contributed by atoms with Gasteiger partial charge in [-0.3, -0.25) is 4.79 Å². The molecule has 0 aliphatic rings. The molecule has 22 heavy (non-hydrogen) atoms. The van der Waals surface area contributed by atoms with E-state index in [1.165, 1.54) is 5.56 Å². The zero-order chi connectivity index (χ0) is 16.7. The van der Waals surface area contributed by atoms with Gasteiger partial charge in [0.05, 0.1) is 0 Å². The maximum atomic E-state index is 12.7. The van der Waals surface area contributed by atoms with E-state index in [0.29, 0.717) is 5.69 Å². The largest absolute Gasteiger partial charge is 0.350 e. The van der Waals surface area contributed by atoms with Gasteiger partial charge < -0.3 is 10.3 Å². The number of H-pyrrole nitrogens is 1. The topological polar surface area (TPSA) is 44.9 Å². The molecule has 0 radical (unpaired) electrons. The summed E-state index contributed by atoms with van der Waals surface area (Å²) in [6, 6.07) is 6.22. The fourth-order valence-corrected chi connectivity index (χ4v) is 3.41. The molecule has 1 aromatic heterocycles. The quantitative estimate of drug-likeness (QED) is 0.845. The van der Waals surface area contributed by atoms with Gasteiger partial charge in [-0.2, -0.15) is 0 Å². The summed E-state index contributed by atoms with van der Waals surface area (Å²) < 4.78 is 0. The van der Waals surface area contributed by atoms with Crippen molar-refractivity contribution in [1.29, 1.82) is 0 Å². The highest BCUT2D eigenvalue weighted by molar-refractivity contribution is 6.01. The van der Waals surface area contributed by atoms with Crippen LogP contribution in [0.2, 0.25) is 0 Å². The number of aryl methyl sites for hydroxylation is 2. The molecule has 0 saturated heterocycles. The summed E-state index contributed by atoms with van der Waals surface area (Å²) in [5, 5.41) is 4.30. The lowest BCUT2D eigenvalue weighted by atomic mass is 9.81. The number of hydrogen-bond donors (Lipinski definition) is 2. The van der Waals surface area contributed by atoms with Crippen LogP contribution in [-0.2, 0) is 0 Å². The normalized spacial score (nSPS) is 12.7. The third-order valence-electron chi connectivity index (χ3n) is 3.86. The van der Waals surface area contributed by atoms with Crippen molar-refractivity contribution < 1.29 is 4.79 Å². The van der Waals surface area contributed by atoms with E-state index in [4.69, 9.17) is 0 Å². The van der Waals surface area contributed by atoms with Crippen molar-refractivity contribution in [1.82, 2.24) is 10.3 Å². The Kier molecular flexibility index (Phi) is 4.12. The first kappa shape index (κ1) is 16.6. The molecule has 0 unspecified atom stereocenters. The standard InChI is InChI=1S/C19H28N2O/c1-12-8-9-15-14(10-12)13(2)16(20-15)17(22)21-19(6,7)11-18(3,4)5/h8-10,20H,11H2,1-7H3,(H,21,22). The van der Waals surface area contributed by atoms with Crippen LogP contribution in [0.4, 0.5) is 0 Å². The Morgan fingerprint density at radius 1 is 1.14 bits per heavy atom. The van der Waals surface area contributed by atoms with Gasteiger partial charge in [-0.25, -0.2) is 0 Å². The van der Waals surface area contributed by atoms with Crippen LogP contribution in [0.5, 0.6) is 0 Å². The molecule has 0 aliphatic carbocycles. The minimum atomic E-state index is -0.241. The molecular weight excluding hydrogens is 272 g/mol. The summed E-state index contributed by atoms with van der Waals surface area (Å²) in [6.45, 7) is 14.8. The maximum absolute atomic E-state index is 12.7. The lowest BCUT2D eigenvalue weighted by Gasteiger charge is -2.33. The smallest absolute Gasteiger partial charge is 0.268 e. The fraction of sp³-hybridized carbons (Fsp3) is 0.526. The van der Waals surface area contributed by atoms with E-state index < -0.39 is 0 Å². The van der Waals surface area contributed by atoms with Crippen molar-refractivity contribution >= 4 is 16.8 Å². The number of benzene rings is 1. The second-order valence-corrected chi connectivity index (χ2v) is 8.25. The number of carbonyl (C=O) groups is 1. The second-order valence-electron chi connectivity index (χ2n) is 8.25. The fourth-order valence-electron chi connectivity index (χ4n) is 3.41. The van der Waals surface area contributed by atoms with Crippen molar-refractivity contribution in [3.05, 3.63) is 35.0 Å². The van der Waals surface area contributed by atoms with Crippen LogP contribution in [-0.4, -0.2) is 16.4 Å². The minimum Gasteiger partial charge on any atom is -0.350 e. The van der Waals surface area contributed by atoms with Crippen molar-refractivity contribution in [3.8, 4) is 0 Å². The summed E-state index contributed by atoms with van der Waals surface area (Å²) in [6.07, 6.45) is 0.921. The van der Waals surface area contributed by atoms with E-state index in [9.17, 15) is 4.79 Å². The van der Waals surface area contributed by atoms with Crippen molar-refractivity contribution in [2.45, 2.75) is 60.4 Å². The molecular formula is C19H28N2O. The molecule has 1 aromatic carbocycles. The molecule has 3 heteroatoms. The van der Waals surface area contributed by atoms with E-state index >= 15 is 0 Å². The van der Waals surface area contributed by atoms with Crippen LogP contribution in [0.1, 0.15) is 62.7 Å². The number of carbonyl (C=O) groups excluding carboxylic acids is 1. The molecule has 3 nitrogen and oxygen atoms in total. The Labute approximate surface area is 133 Å². The molecule has 120 valence electrons. The monoisotopic (exact) mass is 300 g/mol. The lowest BCUT2D eigenvalue weighted by molar-refractivity contribution is 0.0886. The summed E-state index contributed by atoms with van der Waals surface area (Å²) in [5.41, 5.74) is 3.83. The molecule has 0 aliphatic heterocycles. The second kappa shape index (κ2) is 5.45. The number of nitrogens with one attached hydrogen (secondary N) is 2. The summed E-state index contributed by atoms with van der Waals surface area (Å²) >= 11 is 0. The van der Waals surface area contributed by atoms with Gasteiger partial charge in [0.15, 0.2) is 0 Å². The summed E-state index contributed by atoms with van der Waals surface area (Å²) in [4.78, 5) is 15.9. The Morgan fingerprint density at radius 2 is 1.77 bits per heavy atom. The molecule has 0 saturated carbocycles. The molecule has 1 amide bonds. The van der Waals surface area contributed by atoms with Gasteiger partial charge >= 0.3 is 0 Å². The van der Waals surface area contributed by atoms with Crippen LogP contribution in [0.25, 0.3) is 10.9 Å². The zero-order valence-electron chi connectivity index (χ0n) is 14.8. The average molecular weight is 300 g/mol. The molecule has 0 spiro atoms. The molecule has 2 rings (SSSR count). The number of aromatic nitrogens is 1. The Hall–Kier alpha value is -1.77. The molecule has 1 heterocycles. The Morgan fingerprint density at radius 3 is 2.36 bits per heavy atom. The Bertz CT molecular complexity index is 702. The van der Waals surface area contributed by atoms with Gasteiger partial charge in [-0.05, 0) is 57.2 Å². The van der Waals surface area contributed by atoms with Crippen molar-refractivity contribution in [2.24, 2.45) is 5.41 Å². The van der Waals surface area contributed by atoms with Gasteiger partial charge in [-0.15, -0.1) is 0 Å². The van der Waals surface area contributed by atoms with Crippen molar-refractivity contribution in [2.75, 3.05) is 0 Å². The minimum absolute atomic E-state index is 0.0272. The van der Waals surface area contributed by atoms with E-state index in [-0.39, 0.29) is 16.9 Å². The molecule has 2 N–H and O–H groups in total. The zero-order valence-corrected chi connectivity index (χ0v) is 14.8. The third-order valence-corrected chi connectivity index (χ3v) is 3.86. The molecule has 0 atom stereocenters. The van der Waals surface area contributed by atoms with Crippen LogP contribution < -0.4 is 5.32 Å². The highest BCUT2D eigenvalue weighted by Gasteiger charge is 2.28. The van der Waals surface area contributed by atoms with E-state index in [0.717, 1.165) is 22.9 Å². The first-order valence-electron chi connectivity index (χ1n) is 7.90. The number of hydrogen-bond acceptors (Lipinski definition) is 1. The summed E-state index contributed by atoms with van der Waals surface area (Å²) in [5.74, 6) is -0.0272. The average Bonchev–Trinajstić information content (AvgIpc) is 2.63. The van der Waals surface area contributed by atoms with Gasteiger partial charge in [0.1, 0.15) is 5.69 Å². The van der Waals surface area contributed by atoms with Gasteiger partial charge in [0.2, 0.25) is 0 Å². The van der Waals surface area contributed by atoms with Gasteiger partial charge in [0, 0.05) is 16.4 Å². The van der Waals surface area contributed by atoms with Crippen molar-refractivity contribution in [3.63, 3.8) is 0 Å². The van der Waals surface area contributed by atoms with Gasteiger partial charge in [-0.1, -0.05) is 32.4 Å². The lowest BCUT2D eigenvalue weighted by Crippen LogP contribution is -2.46. The van der Waals surface area contributed by atoms with Gasteiger partial charge in [0.25, 0.3) is 5.91 Å². The Balaban J connectivity index is 2.28. The maximum Gasteiger partial charge on any atom is 0.268 e. The molecule has 0 fully saturated rings. The van der Waals surface area contributed by atoms with E-state index in [1.54, 1.807) is 0 Å². The van der Waals surface area contributed by atoms with Crippen LogP contribution >= 0.6 is 0 Å². The first-order chi connectivity index (χ1) is 9.98. The predicted molar refractivity (Wildman–Crippen MR) is 93.4 cm³/mol. The number of fused-ring (bicyclic) bond motifs is 1. The van der Waals surface area contributed by atoms with Crippen LogP contribution in [0.15, 0.2) is 18.2 Å². The predicted octanol–water partition coefficient (Wildman–Crippen LogP) is 4.73. The highest BCUT2D eigenvalue weighted by Crippen LogP contribution is 2.28. The number of amides is 1. The number of aromatic amines is 1. The highest BCUT2D eigenvalue weighted by atomic mass is 16.2. The van der Waals surface area contributed by atoms with Crippen LogP contribution in [0.3, 0.4) is 0 Å². The SMILES string of the molecule is Cc1ccc2[nH]c(C(=O)NC(C)(C)CC(C)(C)C)c(C)c2c1. The third kappa shape index (κ3) is 3.70. The first-order valence-corrected chi connectivity index (χ1v) is 7.90. The summed E-state index contributed by atoms with van der Waals surface area (Å²) in [7, 11) is 0. The number of rotatable bonds is 3. The van der Waals surface area contributed by atoms with E-state index in [1.807, 2.05) is 13.0 Å².